The van der Waals surface area contributed by atoms with E-state index in [2.05, 4.69) is 10.4 Å². The minimum absolute atomic E-state index is 0.0407. The first kappa shape index (κ1) is 12.8. The fourth-order valence-electron chi connectivity index (χ4n) is 2.19. The van der Waals surface area contributed by atoms with Crippen LogP contribution in [0.15, 0.2) is 30.3 Å². The average Bonchev–Trinajstić information content (AvgIpc) is 2.66. The second-order valence-corrected chi connectivity index (χ2v) is 4.47. The van der Waals surface area contributed by atoms with Gasteiger partial charge in [0.25, 0.3) is 0 Å². The summed E-state index contributed by atoms with van der Waals surface area (Å²) in [5.74, 6) is -0.171. The molecule has 0 saturated heterocycles. The molecule has 0 saturated carbocycles. The van der Waals surface area contributed by atoms with E-state index in [0.717, 1.165) is 17.8 Å². The van der Waals surface area contributed by atoms with Crippen LogP contribution in [0.5, 0.6) is 0 Å². The quantitative estimate of drug-likeness (QED) is 0.899. The van der Waals surface area contributed by atoms with E-state index in [0.29, 0.717) is 5.56 Å². The monoisotopic (exact) mass is 247 g/mol. The van der Waals surface area contributed by atoms with Gasteiger partial charge in [0.2, 0.25) is 0 Å². The van der Waals surface area contributed by atoms with Crippen molar-refractivity contribution in [3.63, 3.8) is 0 Å². The molecule has 0 amide bonds. The molecule has 1 aromatic carbocycles. The van der Waals surface area contributed by atoms with Crippen molar-refractivity contribution in [3.05, 3.63) is 53.1 Å². The molecular weight excluding hydrogens is 229 g/mol. The van der Waals surface area contributed by atoms with Crippen molar-refractivity contribution in [1.82, 2.24) is 15.1 Å². The van der Waals surface area contributed by atoms with Crippen molar-refractivity contribution in [2.45, 2.75) is 19.4 Å². The van der Waals surface area contributed by atoms with E-state index in [-0.39, 0.29) is 11.9 Å². The van der Waals surface area contributed by atoms with Crippen molar-refractivity contribution in [3.8, 4) is 0 Å². The lowest BCUT2D eigenvalue weighted by molar-refractivity contribution is 0.519. The Balaban J connectivity index is 2.25. The zero-order valence-corrected chi connectivity index (χ0v) is 10.9. The molecular formula is C14H18FN3. The fraction of sp³-hybridized carbons (Fsp3) is 0.357. The molecule has 1 aromatic heterocycles. The van der Waals surface area contributed by atoms with Crippen LogP contribution in [-0.4, -0.2) is 16.8 Å². The van der Waals surface area contributed by atoms with Crippen LogP contribution >= 0.6 is 0 Å². The standard InChI is InChI=1S/C14H18FN3/c1-10-8-11(18(3)17-10)9-14(16-2)12-6-4-5-7-13(12)15/h4-8,14,16H,9H2,1-3H3. The van der Waals surface area contributed by atoms with Crippen molar-refractivity contribution >= 4 is 0 Å². The lowest BCUT2D eigenvalue weighted by Crippen LogP contribution is -2.21. The molecule has 0 aliphatic rings. The number of likely N-dealkylation sites (N-methyl/N-ethyl adjacent to an activating group) is 1. The van der Waals surface area contributed by atoms with Crippen LogP contribution in [0.1, 0.15) is 23.0 Å². The molecule has 1 heterocycles. The fourth-order valence-corrected chi connectivity index (χ4v) is 2.19. The maximum atomic E-state index is 13.8. The molecule has 1 N–H and O–H groups in total. The predicted molar refractivity (Wildman–Crippen MR) is 69.8 cm³/mol. The summed E-state index contributed by atoms with van der Waals surface area (Å²) < 4.78 is 15.6. The number of aryl methyl sites for hydroxylation is 2. The molecule has 0 fully saturated rings. The first-order valence-corrected chi connectivity index (χ1v) is 6.03. The molecule has 3 nitrogen and oxygen atoms in total. The van der Waals surface area contributed by atoms with Crippen LogP contribution in [0.3, 0.4) is 0 Å². The molecule has 0 radical (unpaired) electrons. The predicted octanol–water partition coefficient (Wildman–Crippen LogP) is 2.37. The van der Waals surface area contributed by atoms with Gasteiger partial charge in [-0.2, -0.15) is 5.10 Å². The van der Waals surface area contributed by atoms with Crippen LogP contribution in [0.2, 0.25) is 0 Å². The maximum absolute atomic E-state index is 13.8. The van der Waals surface area contributed by atoms with Gasteiger partial charge in [0.1, 0.15) is 5.82 Å². The van der Waals surface area contributed by atoms with Gasteiger partial charge < -0.3 is 5.32 Å². The summed E-state index contributed by atoms with van der Waals surface area (Å²) in [4.78, 5) is 0. The van der Waals surface area contributed by atoms with E-state index in [1.54, 1.807) is 6.07 Å². The third-order valence-electron chi connectivity index (χ3n) is 3.14. The topological polar surface area (TPSA) is 29.9 Å². The highest BCUT2D eigenvalue weighted by Crippen LogP contribution is 2.21. The van der Waals surface area contributed by atoms with E-state index in [1.165, 1.54) is 6.07 Å². The number of hydrogen-bond donors (Lipinski definition) is 1. The van der Waals surface area contributed by atoms with Gasteiger partial charge in [-0.3, -0.25) is 4.68 Å². The van der Waals surface area contributed by atoms with Gasteiger partial charge in [0.05, 0.1) is 5.69 Å². The van der Waals surface area contributed by atoms with Crippen LogP contribution in [0.4, 0.5) is 4.39 Å². The number of halogens is 1. The summed E-state index contributed by atoms with van der Waals surface area (Å²) in [7, 11) is 3.76. The lowest BCUT2D eigenvalue weighted by atomic mass is 10.0. The second-order valence-electron chi connectivity index (χ2n) is 4.47. The second kappa shape index (κ2) is 5.31. The minimum Gasteiger partial charge on any atom is -0.313 e. The highest BCUT2D eigenvalue weighted by Gasteiger charge is 2.16. The summed E-state index contributed by atoms with van der Waals surface area (Å²) in [5.41, 5.74) is 2.77. The first-order valence-electron chi connectivity index (χ1n) is 6.03. The number of nitrogens with one attached hydrogen (secondary N) is 1. The Labute approximate surface area is 107 Å². The SMILES string of the molecule is CNC(Cc1cc(C)nn1C)c1ccccc1F. The van der Waals surface area contributed by atoms with E-state index < -0.39 is 0 Å². The van der Waals surface area contributed by atoms with Crippen molar-refractivity contribution < 1.29 is 4.39 Å². The molecule has 4 heteroatoms. The minimum atomic E-state index is -0.171. The first-order chi connectivity index (χ1) is 8.61. The van der Waals surface area contributed by atoms with Gasteiger partial charge in [0.15, 0.2) is 0 Å². The number of aromatic nitrogens is 2. The Bertz CT molecular complexity index is 534. The Hall–Kier alpha value is -1.68. The van der Waals surface area contributed by atoms with Crippen LogP contribution in [0.25, 0.3) is 0 Å². The molecule has 1 unspecified atom stereocenters. The molecule has 18 heavy (non-hydrogen) atoms. The van der Waals surface area contributed by atoms with Crippen LogP contribution in [0, 0.1) is 12.7 Å². The van der Waals surface area contributed by atoms with Gasteiger partial charge in [-0.25, -0.2) is 4.39 Å². The molecule has 96 valence electrons. The maximum Gasteiger partial charge on any atom is 0.127 e. The van der Waals surface area contributed by atoms with Gasteiger partial charge in [0, 0.05) is 30.8 Å². The van der Waals surface area contributed by atoms with Crippen LogP contribution < -0.4 is 5.32 Å². The highest BCUT2D eigenvalue weighted by molar-refractivity contribution is 5.23. The van der Waals surface area contributed by atoms with Crippen molar-refractivity contribution in [2.24, 2.45) is 7.05 Å². The van der Waals surface area contributed by atoms with E-state index in [4.69, 9.17) is 0 Å². The zero-order chi connectivity index (χ0) is 13.1. The normalized spacial score (nSPS) is 12.7. The number of benzene rings is 1. The summed E-state index contributed by atoms with van der Waals surface area (Å²) in [6.45, 7) is 1.96. The Morgan fingerprint density at radius 3 is 2.67 bits per heavy atom. The Morgan fingerprint density at radius 2 is 2.11 bits per heavy atom. The van der Waals surface area contributed by atoms with Gasteiger partial charge in [-0.15, -0.1) is 0 Å². The van der Waals surface area contributed by atoms with Gasteiger partial charge >= 0.3 is 0 Å². The van der Waals surface area contributed by atoms with Crippen molar-refractivity contribution in [2.75, 3.05) is 7.05 Å². The summed E-state index contributed by atoms with van der Waals surface area (Å²) in [6.07, 6.45) is 0.717. The van der Waals surface area contributed by atoms with Gasteiger partial charge in [-0.05, 0) is 26.1 Å². The molecule has 0 aliphatic carbocycles. The molecule has 0 spiro atoms. The molecule has 2 rings (SSSR count). The number of rotatable bonds is 4. The number of hydrogen-bond acceptors (Lipinski definition) is 2. The number of nitrogens with zero attached hydrogens (tertiary/aromatic N) is 2. The highest BCUT2D eigenvalue weighted by atomic mass is 19.1. The molecule has 1 atom stereocenters. The van der Waals surface area contributed by atoms with E-state index in [9.17, 15) is 4.39 Å². The summed E-state index contributed by atoms with van der Waals surface area (Å²) in [5, 5.41) is 7.47. The summed E-state index contributed by atoms with van der Waals surface area (Å²) >= 11 is 0. The molecule has 2 aromatic rings. The van der Waals surface area contributed by atoms with Crippen molar-refractivity contribution in [1.29, 1.82) is 0 Å². The Morgan fingerprint density at radius 1 is 1.39 bits per heavy atom. The summed E-state index contributed by atoms with van der Waals surface area (Å²) in [6, 6.07) is 8.87. The third kappa shape index (κ3) is 2.59. The third-order valence-corrected chi connectivity index (χ3v) is 3.14. The molecule has 0 bridgehead atoms. The largest absolute Gasteiger partial charge is 0.313 e. The van der Waals surface area contributed by atoms with Gasteiger partial charge in [-0.1, -0.05) is 18.2 Å². The smallest absolute Gasteiger partial charge is 0.127 e. The Kier molecular flexibility index (Phi) is 3.77. The molecule has 0 aliphatic heterocycles. The zero-order valence-electron chi connectivity index (χ0n) is 10.9. The average molecular weight is 247 g/mol. The van der Waals surface area contributed by atoms with E-state index in [1.807, 2.05) is 43.9 Å². The van der Waals surface area contributed by atoms with E-state index >= 15 is 0 Å². The lowest BCUT2D eigenvalue weighted by Gasteiger charge is -2.17. The van der Waals surface area contributed by atoms with Crippen LogP contribution in [-0.2, 0) is 13.5 Å².